The number of ether oxygens (including phenoxy) is 2. The molecule has 0 saturated carbocycles. The average Bonchev–Trinajstić information content (AvgIpc) is 3.24. The quantitative estimate of drug-likeness (QED) is 0.177. The number of guanidine groups is 1. The summed E-state index contributed by atoms with van der Waals surface area (Å²) >= 11 is 0. The Kier molecular flexibility index (Phi) is 10.5. The Labute approximate surface area is 206 Å². The number of aromatic nitrogens is 1. The van der Waals surface area contributed by atoms with Crippen LogP contribution in [0.1, 0.15) is 22.4 Å². The molecule has 1 heterocycles. The van der Waals surface area contributed by atoms with Crippen LogP contribution < -0.4 is 15.4 Å². The highest BCUT2D eigenvalue weighted by molar-refractivity contribution is 14.0. The van der Waals surface area contributed by atoms with Crippen LogP contribution in [0.5, 0.6) is 5.75 Å². The van der Waals surface area contributed by atoms with Crippen molar-refractivity contribution in [2.45, 2.75) is 26.9 Å². The van der Waals surface area contributed by atoms with E-state index < -0.39 is 0 Å². The van der Waals surface area contributed by atoms with Crippen LogP contribution in [0.2, 0.25) is 0 Å². The molecule has 0 aliphatic carbocycles. The van der Waals surface area contributed by atoms with E-state index in [4.69, 9.17) is 13.9 Å². The molecule has 8 heteroatoms. The zero-order chi connectivity index (χ0) is 22.1. The second kappa shape index (κ2) is 13.1. The summed E-state index contributed by atoms with van der Waals surface area (Å²) < 4.78 is 16.6. The predicted molar refractivity (Wildman–Crippen MR) is 138 cm³/mol. The molecule has 0 saturated heterocycles. The highest BCUT2D eigenvalue weighted by Crippen LogP contribution is 2.21. The smallest absolute Gasteiger partial charge is 0.226 e. The molecule has 0 aliphatic heterocycles. The lowest BCUT2D eigenvalue weighted by Crippen LogP contribution is -2.36. The summed E-state index contributed by atoms with van der Waals surface area (Å²) in [4.78, 5) is 8.85. The number of halogens is 1. The van der Waals surface area contributed by atoms with Crippen LogP contribution in [0.3, 0.4) is 0 Å². The van der Waals surface area contributed by atoms with Crippen LogP contribution >= 0.6 is 24.0 Å². The van der Waals surface area contributed by atoms with Gasteiger partial charge in [0.25, 0.3) is 0 Å². The summed E-state index contributed by atoms with van der Waals surface area (Å²) in [6, 6.07) is 14.3. The number of hydrogen-bond acceptors (Lipinski definition) is 5. The van der Waals surface area contributed by atoms with E-state index in [-0.39, 0.29) is 24.0 Å². The van der Waals surface area contributed by atoms with E-state index in [1.807, 2.05) is 37.3 Å². The number of rotatable bonds is 9. The second-order valence-corrected chi connectivity index (χ2v) is 7.24. The van der Waals surface area contributed by atoms with Gasteiger partial charge >= 0.3 is 0 Å². The summed E-state index contributed by atoms with van der Waals surface area (Å²) in [5, 5.41) is 6.59. The van der Waals surface area contributed by atoms with Gasteiger partial charge in [-0.1, -0.05) is 29.8 Å². The number of aliphatic imine (C=N–C) groups is 1. The molecule has 2 aromatic carbocycles. The van der Waals surface area contributed by atoms with Gasteiger partial charge in [-0.2, -0.15) is 0 Å². The average molecular weight is 550 g/mol. The van der Waals surface area contributed by atoms with Crippen LogP contribution in [0, 0.1) is 13.8 Å². The molecule has 2 N–H and O–H groups in total. The Morgan fingerprint density at radius 1 is 1.00 bits per heavy atom. The van der Waals surface area contributed by atoms with E-state index in [1.165, 1.54) is 5.56 Å². The zero-order valence-corrected chi connectivity index (χ0v) is 21.3. The van der Waals surface area contributed by atoms with Gasteiger partial charge in [-0.25, -0.2) is 4.98 Å². The van der Waals surface area contributed by atoms with Crippen molar-refractivity contribution < 1.29 is 13.9 Å². The lowest BCUT2D eigenvalue weighted by atomic mass is 10.1. The van der Waals surface area contributed by atoms with Gasteiger partial charge in [0.2, 0.25) is 5.89 Å². The molecule has 0 bridgehead atoms. The normalized spacial score (nSPS) is 11.1. The topological polar surface area (TPSA) is 80.9 Å². The standard InChI is InChI=1S/C24H30N4O3.HI/c1-17-5-8-19(9-6-17)23-28-21(16-31-23)15-27-24(25-3)26-14-20-10-7-18(2)13-22(20)30-12-11-29-4;/h5-10,13,16H,11-12,14-15H2,1-4H3,(H2,25,26,27);1H. The van der Waals surface area contributed by atoms with Gasteiger partial charge in [-0.15, -0.1) is 24.0 Å². The molecule has 0 fully saturated rings. The van der Waals surface area contributed by atoms with Crippen LogP contribution in [0.25, 0.3) is 11.5 Å². The van der Waals surface area contributed by atoms with Crippen molar-refractivity contribution in [3.05, 3.63) is 71.1 Å². The highest BCUT2D eigenvalue weighted by atomic mass is 127. The van der Waals surface area contributed by atoms with Gasteiger partial charge in [-0.3, -0.25) is 4.99 Å². The molecular formula is C24H31IN4O3. The first-order valence-corrected chi connectivity index (χ1v) is 10.3. The summed E-state index contributed by atoms with van der Waals surface area (Å²) in [7, 11) is 3.40. The maximum absolute atomic E-state index is 5.86. The van der Waals surface area contributed by atoms with Crippen molar-refractivity contribution in [3.8, 4) is 17.2 Å². The fraction of sp³-hybridized carbons (Fsp3) is 0.333. The third-order valence-electron chi connectivity index (χ3n) is 4.72. The SMILES string of the molecule is CN=C(NCc1coc(-c2ccc(C)cc2)n1)NCc1ccc(C)cc1OCCOC.I. The van der Waals surface area contributed by atoms with Gasteiger partial charge in [-0.05, 0) is 37.6 Å². The summed E-state index contributed by atoms with van der Waals surface area (Å²) in [5.41, 5.74) is 5.16. The first-order valence-electron chi connectivity index (χ1n) is 10.3. The molecule has 0 aliphatic rings. The molecule has 3 aromatic rings. The molecule has 0 spiro atoms. The molecule has 0 atom stereocenters. The number of oxazole rings is 1. The number of nitrogens with one attached hydrogen (secondary N) is 2. The van der Waals surface area contributed by atoms with Crippen molar-refractivity contribution in [2.75, 3.05) is 27.4 Å². The molecule has 32 heavy (non-hydrogen) atoms. The number of benzene rings is 2. The first-order chi connectivity index (χ1) is 15.1. The Morgan fingerprint density at radius 3 is 2.44 bits per heavy atom. The number of hydrogen-bond donors (Lipinski definition) is 2. The minimum Gasteiger partial charge on any atom is -0.491 e. The van der Waals surface area contributed by atoms with Crippen molar-refractivity contribution >= 4 is 29.9 Å². The number of nitrogens with zero attached hydrogens (tertiary/aromatic N) is 2. The minimum absolute atomic E-state index is 0. The van der Waals surface area contributed by atoms with Crippen LogP contribution in [-0.2, 0) is 17.8 Å². The predicted octanol–water partition coefficient (Wildman–Crippen LogP) is 4.47. The Morgan fingerprint density at radius 2 is 1.72 bits per heavy atom. The second-order valence-electron chi connectivity index (χ2n) is 7.24. The van der Waals surface area contributed by atoms with Gasteiger partial charge in [0.05, 0.1) is 18.8 Å². The third-order valence-corrected chi connectivity index (χ3v) is 4.72. The first kappa shape index (κ1) is 25.7. The maximum atomic E-state index is 5.86. The van der Waals surface area contributed by atoms with E-state index in [0.29, 0.717) is 38.2 Å². The van der Waals surface area contributed by atoms with Crippen LogP contribution in [-0.4, -0.2) is 38.3 Å². The molecule has 1 aromatic heterocycles. The summed E-state index contributed by atoms with van der Waals surface area (Å²) in [6.07, 6.45) is 1.66. The van der Waals surface area contributed by atoms with Gasteiger partial charge in [0.1, 0.15) is 18.6 Å². The van der Waals surface area contributed by atoms with Gasteiger partial charge in [0.15, 0.2) is 5.96 Å². The van der Waals surface area contributed by atoms with E-state index in [9.17, 15) is 0 Å². The van der Waals surface area contributed by atoms with E-state index in [0.717, 1.165) is 28.1 Å². The van der Waals surface area contributed by atoms with Crippen LogP contribution in [0.15, 0.2) is 58.1 Å². The van der Waals surface area contributed by atoms with Crippen LogP contribution in [0.4, 0.5) is 0 Å². The molecule has 172 valence electrons. The molecule has 7 nitrogen and oxygen atoms in total. The molecular weight excluding hydrogens is 519 g/mol. The maximum Gasteiger partial charge on any atom is 0.226 e. The number of aryl methyl sites for hydroxylation is 2. The van der Waals surface area contributed by atoms with Gasteiger partial charge in [0, 0.05) is 31.8 Å². The van der Waals surface area contributed by atoms with E-state index in [2.05, 4.69) is 39.7 Å². The third kappa shape index (κ3) is 7.52. The van der Waals surface area contributed by atoms with Gasteiger partial charge < -0.3 is 24.5 Å². The van der Waals surface area contributed by atoms with Crippen molar-refractivity contribution in [2.24, 2.45) is 4.99 Å². The van der Waals surface area contributed by atoms with E-state index >= 15 is 0 Å². The molecule has 0 unspecified atom stereocenters. The lowest BCUT2D eigenvalue weighted by molar-refractivity contribution is 0.145. The largest absolute Gasteiger partial charge is 0.491 e. The zero-order valence-electron chi connectivity index (χ0n) is 19.0. The van der Waals surface area contributed by atoms with Crippen molar-refractivity contribution in [3.63, 3.8) is 0 Å². The molecule has 0 amide bonds. The number of methoxy groups -OCH3 is 1. The molecule has 0 radical (unpaired) electrons. The van der Waals surface area contributed by atoms with Crippen molar-refractivity contribution in [1.29, 1.82) is 0 Å². The van der Waals surface area contributed by atoms with Crippen molar-refractivity contribution in [1.82, 2.24) is 15.6 Å². The highest BCUT2D eigenvalue weighted by Gasteiger charge is 2.09. The molecule has 3 rings (SSSR count). The Balaban J connectivity index is 0.00000363. The monoisotopic (exact) mass is 550 g/mol. The lowest BCUT2D eigenvalue weighted by Gasteiger charge is -2.15. The minimum atomic E-state index is 0. The summed E-state index contributed by atoms with van der Waals surface area (Å²) in [5.74, 6) is 2.12. The fourth-order valence-corrected chi connectivity index (χ4v) is 2.97. The Bertz CT molecular complexity index is 1000. The van der Waals surface area contributed by atoms with E-state index in [1.54, 1.807) is 20.4 Å². The fourth-order valence-electron chi connectivity index (χ4n) is 2.97. The Hall–Kier alpha value is -2.59. The summed E-state index contributed by atoms with van der Waals surface area (Å²) in [6.45, 7) is 6.24.